The van der Waals surface area contributed by atoms with Crippen LogP contribution in [0.4, 0.5) is 0 Å². The standard InChI is InChI=1S/C28H27NO/c1-2-29-27-17-16-22(18-26(27)25(19-28(29)30)21-14-15-21)24-13-9-4-3-8-12-23(24)20-10-6-5-7-11-20/h3-7,9-11,13,16-19,21H,2,8,12,14-15H2,1H3/b4-3+,13-9?,24-23?. The van der Waals surface area contributed by atoms with E-state index in [1.807, 2.05) is 17.6 Å². The van der Waals surface area contributed by atoms with Gasteiger partial charge in [-0.2, -0.15) is 0 Å². The lowest BCUT2D eigenvalue weighted by Gasteiger charge is -2.17. The quantitative estimate of drug-likeness (QED) is 0.482. The molecule has 2 aliphatic rings. The average Bonchev–Trinajstić information content (AvgIpc) is 3.59. The van der Waals surface area contributed by atoms with Crippen LogP contribution < -0.4 is 5.56 Å². The van der Waals surface area contributed by atoms with Crippen LogP contribution in [-0.2, 0) is 6.54 Å². The zero-order valence-electron chi connectivity index (χ0n) is 17.5. The molecule has 0 N–H and O–H groups in total. The second kappa shape index (κ2) is 7.95. The summed E-state index contributed by atoms with van der Waals surface area (Å²) in [5, 5.41) is 1.24. The Labute approximate surface area is 177 Å². The zero-order valence-corrected chi connectivity index (χ0v) is 17.5. The van der Waals surface area contributed by atoms with Crippen LogP contribution in [0.1, 0.15) is 55.2 Å². The summed E-state index contributed by atoms with van der Waals surface area (Å²) in [6.07, 6.45) is 13.2. The molecule has 0 spiro atoms. The van der Waals surface area contributed by atoms with E-state index in [4.69, 9.17) is 0 Å². The molecular weight excluding hydrogens is 366 g/mol. The Morgan fingerprint density at radius 1 is 0.967 bits per heavy atom. The first-order valence-corrected chi connectivity index (χ1v) is 11.1. The van der Waals surface area contributed by atoms with Crippen LogP contribution >= 0.6 is 0 Å². The maximum atomic E-state index is 12.7. The van der Waals surface area contributed by atoms with Gasteiger partial charge in [-0.1, -0.05) is 60.7 Å². The average molecular weight is 394 g/mol. The molecule has 0 saturated heterocycles. The number of benzene rings is 2. The summed E-state index contributed by atoms with van der Waals surface area (Å²) >= 11 is 0. The van der Waals surface area contributed by atoms with Crippen molar-refractivity contribution in [2.24, 2.45) is 0 Å². The summed E-state index contributed by atoms with van der Waals surface area (Å²) in [5.41, 5.74) is 7.60. The third-order valence-electron chi connectivity index (χ3n) is 6.31. The molecule has 0 aliphatic heterocycles. The van der Waals surface area contributed by atoms with Crippen molar-refractivity contribution in [3.05, 3.63) is 106 Å². The van der Waals surface area contributed by atoms with E-state index in [-0.39, 0.29) is 5.56 Å². The minimum atomic E-state index is 0.125. The minimum absolute atomic E-state index is 0.125. The van der Waals surface area contributed by atoms with E-state index in [0.29, 0.717) is 12.5 Å². The van der Waals surface area contributed by atoms with E-state index < -0.39 is 0 Å². The predicted molar refractivity (Wildman–Crippen MR) is 127 cm³/mol. The van der Waals surface area contributed by atoms with Crippen LogP contribution in [0.3, 0.4) is 0 Å². The summed E-state index contributed by atoms with van der Waals surface area (Å²) in [6, 6.07) is 19.3. The van der Waals surface area contributed by atoms with Gasteiger partial charge in [0.1, 0.15) is 0 Å². The lowest BCUT2D eigenvalue weighted by atomic mass is 9.89. The summed E-state index contributed by atoms with van der Waals surface area (Å²) in [6.45, 7) is 2.74. The molecule has 1 heterocycles. The SMILES string of the molecule is CCn1c(=O)cc(C2CC2)c2cc(C3=C(c4ccccc4)CC/C=C/C=C3)ccc21. The number of rotatable bonds is 4. The molecule has 0 atom stereocenters. The van der Waals surface area contributed by atoms with Crippen molar-refractivity contribution < 1.29 is 0 Å². The maximum absolute atomic E-state index is 12.7. The Morgan fingerprint density at radius 3 is 2.57 bits per heavy atom. The Bertz CT molecular complexity index is 1240. The highest BCUT2D eigenvalue weighted by atomic mass is 16.1. The molecule has 2 aromatic carbocycles. The van der Waals surface area contributed by atoms with Gasteiger partial charge in [-0.15, -0.1) is 0 Å². The Hall–Kier alpha value is -3.13. The van der Waals surface area contributed by atoms with E-state index in [1.165, 1.54) is 46.1 Å². The molecule has 5 rings (SSSR count). The van der Waals surface area contributed by atoms with Crippen LogP contribution in [0.5, 0.6) is 0 Å². The van der Waals surface area contributed by atoms with Crippen molar-refractivity contribution in [2.45, 2.75) is 45.1 Å². The molecule has 0 bridgehead atoms. The van der Waals surface area contributed by atoms with Crippen LogP contribution in [0.2, 0.25) is 0 Å². The number of aryl methyl sites for hydroxylation is 1. The lowest BCUT2D eigenvalue weighted by molar-refractivity contribution is 0.757. The number of hydrogen-bond donors (Lipinski definition) is 0. The molecule has 1 saturated carbocycles. The van der Waals surface area contributed by atoms with E-state index >= 15 is 0 Å². The molecule has 0 amide bonds. The van der Waals surface area contributed by atoms with Gasteiger partial charge in [0.25, 0.3) is 5.56 Å². The van der Waals surface area contributed by atoms with Gasteiger partial charge in [0, 0.05) is 18.0 Å². The monoisotopic (exact) mass is 393 g/mol. The highest BCUT2D eigenvalue weighted by Gasteiger charge is 2.27. The van der Waals surface area contributed by atoms with Gasteiger partial charge in [-0.3, -0.25) is 4.79 Å². The van der Waals surface area contributed by atoms with Crippen molar-refractivity contribution in [3.63, 3.8) is 0 Å². The Kier molecular flexibility index (Phi) is 5.00. The smallest absolute Gasteiger partial charge is 0.251 e. The van der Waals surface area contributed by atoms with E-state index in [2.05, 4.69) is 72.8 Å². The van der Waals surface area contributed by atoms with Gasteiger partial charge in [0.2, 0.25) is 0 Å². The number of hydrogen-bond acceptors (Lipinski definition) is 1. The van der Waals surface area contributed by atoms with Crippen molar-refractivity contribution in [1.29, 1.82) is 0 Å². The third-order valence-corrected chi connectivity index (χ3v) is 6.31. The highest BCUT2D eigenvalue weighted by molar-refractivity contribution is 5.98. The molecule has 2 aliphatic carbocycles. The van der Waals surface area contributed by atoms with Crippen molar-refractivity contribution >= 4 is 22.0 Å². The Balaban J connectivity index is 1.76. The van der Waals surface area contributed by atoms with Gasteiger partial charge in [-0.25, -0.2) is 0 Å². The van der Waals surface area contributed by atoms with Crippen molar-refractivity contribution in [2.75, 3.05) is 0 Å². The molecule has 2 nitrogen and oxygen atoms in total. The van der Waals surface area contributed by atoms with E-state index in [9.17, 15) is 4.79 Å². The molecular formula is C28H27NO. The van der Waals surface area contributed by atoms with Gasteiger partial charge < -0.3 is 4.57 Å². The zero-order chi connectivity index (χ0) is 20.5. The number of fused-ring (bicyclic) bond motifs is 1. The van der Waals surface area contributed by atoms with Crippen LogP contribution in [0.15, 0.2) is 83.7 Å². The first kappa shape index (κ1) is 18.9. The number of allylic oxidation sites excluding steroid dienone is 6. The molecule has 3 aromatic rings. The van der Waals surface area contributed by atoms with Crippen LogP contribution in [0, 0.1) is 0 Å². The predicted octanol–water partition coefficient (Wildman–Crippen LogP) is 6.72. The van der Waals surface area contributed by atoms with Gasteiger partial charge >= 0.3 is 0 Å². The lowest BCUT2D eigenvalue weighted by Crippen LogP contribution is -2.19. The molecule has 0 radical (unpaired) electrons. The molecule has 1 aromatic heterocycles. The maximum Gasteiger partial charge on any atom is 0.251 e. The number of nitrogens with zero attached hydrogens (tertiary/aromatic N) is 1. The molecule has 2 heteroatoms. The van der Waals surface area contributed by atoms with Gasteiger partial charge in [0.15, 0.2) is 0 Å². The third kappa shape index (κ3) is 3.47. The van der Waals surface area contributed by atoms with Gasteiger partial charge in [-0.05, 0) is 78.5 Å². The fourth-order valence-electron chi connectivity index (χ4n) is 4.63. The second-order valence-corrected chi connectivity index (χ2v) is 8.27. The summed E-state index contributed by atoms with van der Waals surface area (Å²) in [5.74, 6) is 0.542. The number of aromatic nitrogens is 1. The molecule has 1 fully saturated rings. The fraction of sp³-hybridized carbons (Fsp3) is 0.250. The first-order valence-electron chi connectivity index (χ1n) is 11.1. The first-order chi connectivity index (χ1) is 14.8. The van der Waals surface area contributed by atoms with E-state index in [0.717, 1.165) is 18.4 Å². The summed E-state index contributed by atoms with van der Waals surface area (Å²) in [7, 11) is 0. The molecule has 150 valence electrons. The summed E-state index contributed by atoms with van der Waals surface area (Å²) in [4.78, 5) is 12.7. The highest BCUT2D eigenvalue weighted by Crippen LogP contribution is 2.43. The molecule has 0 unspecified atom stereocenters. The Morgan fingerprint density at radius 2 is 1.80 bits per heavy atom. The minimum Gasteiger partial charge on any atom is -0.309 e. The van der Waals surface area contributed by atoms with Crippen LogP contribution in [0.25, 0.3) is 22.0 Å². The summed E-state index contributed by atoms with van der Waals surface area (Å²) < 4.78 is 1.90. The second-order valence-electron chi connectivity index (χ2n) is 8.27. The van der Waals surface area contributed by atoms with Crippen molar-refractivity contribution in [1.82, 2.24) is 4.57 Å². The normalized spacial score (nSPS) is 17.8. The largest absolute Gasteiger partial charge is 0.309 e. The topological polar surface area (TPSA) is 22.0 Å². The number of pyridine rings is 1. The van der Waals surface area contributed by atoms with Crippen molar-refractivity contribution in [3.8, 4) is 0 Å². The van der Waals surface area contributed by atoms with E-state index in [1.54, 1.807) is 0 Å². The van der Waals surface area contributed by atoms with Gasteiger partial charge in [0.05, 0.1) is 5.52 Å². The van der Waals surface area contributed by atoms with Crippen LogP contribution in [-0.4, -0.2) is 4.57 Å². The fourth-order valence-corrected chi connectivity index (χ4v) is 4.63. The molecule has 30 heavy (non-hydrogen) atoms.